The van der Waals surface area contributed by atoms with Gasteiger partial charge < -0.3 is 9.64 Å². The van der Waals surface area contributed by atoms with Crippen LogP contribution >= 0.6 is 0 Å². The minimum atomic E-state index is -0.0662. The maximum absolute atomic E-state index is 12.2. The number of aromatic nitrogens is 2. The fraction of sp³-hybridized carbons (Fsp3) is 0.385. The minimum Gasteiger partial charge on any atom is -0.385 e. The second kappa shape index (κ2) is 5.64. The predicted octanol–water partition coefficient (Wildman–Crippen LogP) is 1.67. The van der Waals surface area contributed by atoms with Crippen LogP contribution in [0.1, 0.15) is 16.9 Å². The Balaban J connectivity index is 2.13. The quantitative estimate of drug-likeness (QED) is 0.818. The van der Waals surface area contributed by atoms with Gasteiger partial charge in [-0.15, -0.1) is 0 Å². The first-order valence-corrected chi connectivity index (χ1v) is 5.91. The number of benzene rings is 1. The van der Waals surface area contributed by atoms with E-state index >= 15 is 0 Å². The largest absolute Gasteiger partial charge is 0.385 e. The van der Waals surface area contributed by atoms with Gasteiger partial charge in [-0.2, -0.15) is 5.10 Å². The molecule has 5 nitrogen and oxygen atoms in total. The fourth-order valence-corrected chi connectivity index (χ4v) is 1.85. The Labute approximate surface area is 106 Å². The monoisotopic (exact) mass is 247 g/mol. The summed E-state index contributed by atoms with van der Waals surface area (Å²) in [5.41, 5.74) is 1.36. The zero-order valence-electron chi connectivity index (χ0n) is 10.6. The van der Waals surface area contributed by atoms with Gasteiger partial charge in [0.05, 0.1) is 5.52 Å². The number of para-hydroxylation sites is 1. The number of fused-ring (bicyclic) bond motifs is 1. The van der Waals surface area contributed by atoms with E-state index in [0.29, 0.717) is 18.8 Å². The van der Waals surface area contributed by atoms with Gasteiger partial charge in [0, 0.05) is 32.7 Å². The molecule has 0 aliphatic rings. The average molecular weight is 247 g/mol. The van der Waals surface area contributed by atoms with Crippen LogP contribution in [0.25, 0.3) is 10.9 Å². The van der Waals surface area contributed by atoms with Gasteiger partial charge in [-0.05, 0) is 12.5 Å². The zero-order valence-corrected chi connectivity index (χ0v) is 10.6. The molecule has 1 amide bonds. The number of H-pyrrole nitrogens is 1. The van der Waals surface area contributed by atoms with Crippen LogP contribution in [0.4, 0.5) is 0 Å². The summed E-state index contributed by atoms with van der Waals surface area (Å²) in [6.07, 6.45) is 0.821. The van der Waals surface area contributed by atoms with Crippen molar-refractivity contribution in [3.63, 3.8) is 0 Å². The number of methoxy groups -OCH3 is 1. The fourth-order valence-electron chi connectivity index (χ4n) is 1.85. The molecular formula is C13H17N3O2. The van der Waals surface area contributed by atoms with Crippen molar-refractivity contribution in [2.24, 2.45) is 0 Å². The topological polar surface area (TPSA) is 58.2 Å². The molecule has 0 spiro atoms. The number of nitrogens with one attached hydrogen (secondary N) is 1. The molecular weight excluding hydrogens is 230 g/mol. The van der Waals surface area contributed by atoms with Crippen molar-refractivity contribution >= 4 is 16.8 Å². The first kappa shape index (κ1) is 12.6. The second-order valence-electron chi connectivity index (χ2n) is 4.19. The van der Waals surface area contributed by atoms with Crippen LogP contribution in [0.15, 0.2) is 24.3 Å². The normalized spacial score (nSPS) is 10.8. The van der Waals surface area contributed by atoms with Crippen molar-refractivity contribution in [1.29, 1.82) is 0 Å². The first-order chi connectivity index (χ1) is 8.74. The molecule has 0 aliphatic carbocycles. The third kappa shape index (κ3) is 2.51. The molecule has 2 aromatic rings. The number of hydrogen-bond donors (Lipinski definition) is 1. The molecule has 1 N–H and O–H groups in total. The lowest BCUT2D eigenvalue weighted by Gasteiger charge is -2.15. The second-order valence-corrected chi connectivity index (χ2v) is 4.19. The predicted molar refractivity (Wildman–Crippen MR) is 69.5 cm³/mol. The molecule has 0 fully saturated rings. The lowest BCUT2D eigenvalue weighted by atomic mass is 10.2. The van der Waals surface area contributed by atoms with E-state index in [0.717, 1.165) is 17.3 Å². The molecule has 1 heterocycles. The highest BCUT2D eigenvalue weighted by Crippen LogP contribution is 2.16. The van der Waals surface area contributed by atoms with Crippen LogP contribution in [-0.2, 0) is 4.74 Å². The van der Waals surface area contributed by atoms with E-state index in [1.54, 1.807) is 19.1 Å². The van der Waals surface area contributed by atoms with Gasteiger partial charge in [0.25, 0.3) is 5.91 Å². The van der Waals surface area contributed by atoms with Crippen LogP contribution in [0.5, 0.6) is 0 Å². The van der Waals surface area contributed by atoms with Crippen molar-refractivity contribution in [2.45, 2.75) is 6.42 Å². The third-order valence-electron chi connectivity index (χ3n) is 2.86. The Bertz CT molecular complexity index is 536. The van der Waals surface area contributed by atoms with Gasteiger partial charge in [-0.25, -0.2) is 0 Å². The van der Waals surface area contributed by atoms with E-state index in [1.165, 1.54) is 0 Å². The maximum Gasteiger partial charge on any atom is 0.274 e. The summed E-state index contributed by atoms with van der Waals surface area (Å²) < 4.78 is 4.97. The highest BCUT2D eigenvalue weighted by atomic mass is 16.5. The van der Waals surface area contributed by atoms with Crippen molar-refractivity contribution in [3.8, 4) is 0 Å². The summed E-state index contributed by atoms with van der Waals surface area (Å²) >= 11 is 0. The molecule has 2 rings (SSSR count). The molecule has 1 aromatic heterocycles. The molecule has 96 valence electrons. The maximum atomic E-state index is 12.2. The Morgan fingerprint density at radius 3 is 3.00 bits per heavy atom. The lowest BCUT2D eigenvalue weighted by Crippen LogP contribution is -2.28. The Morgan fingerprint density at radius 2 is 2.22 bits per heavy atom. The summed E-state index contributed by atoms with van der Waals surface area (Å²) in [5, 5.41) is 7.83. The van der Waals surface area contributed by atoms with E-state index in [9.17, 15) is 4.79 Å². The van der Waals surface area contributed by atoms with Crippen LogP contribution in [0.3, 0.4) is 0 Å². The molecule has 0 saturated carbocycles. The Hall–Kier alpha value is -1.88. The lowest BCUT2D eigenvalue weighted by molar-refractivity contribution is 0.0775. The molecule has 0 atom stereocenters. The average Bonchev–Trinajstić information content (AvgIpc) is 2.82. The molecule has 0 saturated heterocycles. The number of amides is 1. The number of aromatic amines is 1. The van der Waals surface area contributed by atoms with Gasteiger partial charge in [-0.3, -0.25) is 9.89 Å². The van der Waals surface area contributed by atoms with Crippen LogP contribution in [-0.4, -0.2) is 48.3 Å². The summed E-state index contributed by atoms with van der Waals surface area (Å²) in [5.74, 6) is -0.0662. The van der Waals surface area contributed by atoms with Gasteiger partial charge in [0.15, 0.2) is 5.69 Å². The summed E-state index contributed by atoms with van der Waals surface area (Å²) in [6, 6.07) is 7.62. The van der Waals surface area contributed by atoms with Crippen LogP contribution in [0, 0.1) is 0 Å². The van der Waals surface area contributed by atoms with E-state index in [-0.39, 0.29) is 5.91 Å². The molecule has 5 heteroatoms. The number of hydrogen-bond acceptors (Lipinski definition) is 3. The van der Waals surface area contributed by atoms with E-state index < -0.39 is 0 Å². The summed E-state index contributed by atoms with van der Waals surface area (Å²) in [6.45, 7) is 1.31. The molecule has 0 bridgehead atoms. The van der Waals surface area contributed by atoms with E-state index in [4.69, 9.17) is 4.74 Å². The highest BCUT2D eigenvalue weighted by molar-refractivity contribution is 6.04. The molecule has 0 unspecified atom stereocenters. The number of carbonyl (C=O) groups excluding carboxylic acids is 1. The van der Waals surface area contributed by atoms with Gasteiger partial charge >= 0.3 is 0 Å². The number of ether oxygens (including phenoxy) is 1. The van der Waals surface area contributed by atoms with Crippen molar-refractivity contribution in [2.75, 3.05) is 27.3 Å². The number of rotatable bonds is 5. The number of nitrogens with zero attached hydrogens (tertiary/aromatic N) is 2. The van der Waals surface area contributed by atoms with E-state index in [1.807, 2.05) is 24.3 Å². The Morgan fingerprint density at radius 1 is 1.44 bits per heavy atom. The summed E-state index contributed by atoms with van der Waals surface area (Å²) in [7, 11) is 3.44. The minimum absolute atomic E-state index is 0.0662. The third-order valence-corrected chi connectivity index (χ3v) is 2.86. The summed E-state index contributed by atoms with van der Waals surface area (Å²) in [4.78, 5) is 13.9. The SMILES string of the molecule is COCCCN(C)C(=O)c1n[nH]c2ccccc12. The molecule has 0 aliphatic heterocycles. The van der Waals surface area contributed by atoms with Gasteiger partial charge in [0.1, 0.15) is 0 Å². The van der Waals surface area contributed by atoms with Crippen LogP contribution < -0.4 is 0 Å². The van der Waals surface area contributed by atoms with Gasteiger partial charge in [0.2, 0.25) is 0 Å². The highest BCUT2D eigenvalue weighted by Gasteiger charge is 2.17. The first-order valence-electron chi connectivity index (χ1n) is 5.91. The van der Waals surface area contributed by atoms with Crippen molar-refractivity contribution < 1.29 is 9.53 Å². The Kier molecular flexibility index (Phi) is 3.94. The molecule has 0 radical (unpaired) electrons. The number of carbonyl (C=O) groups is 1. The molecule has 18 heavy (non-hydrogen) atoms. The van der Waals surface area contributed by atoms with Crippen LogP contribution in [0.2, 0.25) is 0 Å². The van der Waals surface area contributed by atoms with Gasteiger partial charge in [-0.1, -0.05) is 18.2 Å². The zero-order chi connectivity index (χ0) is 13.0. The van der Waals surface area contributed by atoms with E-state index in [2.05, 4.69) is 10.2 Å². The standard InChI is InChI=1S/C13H17N3O2/c1-16(8-5-9-18-2)13(17)12-10-6-3-4-7-11(10)14-15-12/h3-4,6-7H,5,8-9H2,1-2H3,(H,14,15). The van der Waals surface area contributed by atoms with Crippen molar-refractivity contribution in [3.05, 3.63) is 30.0 Å². The van der Waals surface area contributed by atoms with Crippen molar-refractivity contribution in [1.82, 2.24) is 15.1 Å². The smallest absolute Gasteiger partial charge is 0.274 e. The molecule has 1 aromatic carbocycles.